The molecule has 0 bridgehead atoms. The van der Waals surface area contributed by atoms with Crippen LogP contribution in [0.4, 0.5) is 0 Å². The molecule has 0 atom stereocenters. The Hall–Kier alpha value is 0. The highest BCUT2D eigenvalue weighted by molar-refractivity contribution is 4.72. The Morgan fingerprint density at radius 1 is 1.25 bits per heavy atom. The van der Waals surface area contributed by atoms with Gasteiger partial charge in [-0.15, -0.1) is 0 Å². The molecule has 0 aromatic heterocycles. The molecule has 12 heavy (non-hydrogen) atoms. The van der Waals surface area contributed by atoms with Crippen LogP contribution in [-0.2, 0) is 0 Å². The second kappa shape index (κ2) is 4.30. The van der Waals surface area contributed by atoms with Gasteiger partial charge in [0.25, 0.3) is 0 Å². The molecule has 0 amide bonds. The standard InChI is InChI=1S/C12H24/c1-4-12(2,3)10-6-9-11-7-5-8-11/h11H,4-10H2,1-3H3. The molecule has 0 heteroatoms. The fourth-order valence-electron chi connectivity index (χ4n) is 1.83. The molecule has 0 heterocycles. The Morgan fingerprint density at radius 3 is 2.33 bits per heavy atom. The summed E-state index contributed by atoms with van der Waals surface area (Å²) in [5.41, 5.74) is 0.601. The summed E-state index contributed by atoms with van der Waals surface area (Å²) >= 11 is 0. The van der Waals surface area contributed by atoms with Crippen LogP contribution in [0.3, 0.4) is 0 Å². The van der Waals surface area contributed by atoms with Crippen molar-refractivity contribution in [2.45, 2.75) is 65.7 Å². The molecule has 1 aliphatic rings. The number of hydrogen-bond acceptors (Lipinski definition) is 0. The van der Waals surface area contributed by atoms with Gasteiger partial charge in [-0.25, -0.2) is 0 Å². The first kappa shape index (κ1) is 10.1. The van der Waals surface area contributed by atoms with Crippen LogP contribution in [0.25, 0.3) is 0 Å². The molecule has 1 aliphatic carbocycles. The molecule has 0 aromatic rings. The quantitative estimate of drug-likeness (QED) is 0.571. The molecule has 0 aliphatic heterocycles. The molecule has 0 saturated heterocycles. The van der Waals surface area contributed by atoms with E-state index >= 15 is 0 Å². The van der Waals surface area contributed by atoms with E-state index in [9.17, 15) is 0 Å². The van der Waals surface area contributed by atoms with Gasteiger partial charge in [-0.3, -0.25) is 0 Å². The van der Waals surface area contributed by atoms with Gasteiger partial charge in [0.05, 0.1) is 0 Å². The Balaban J connectivity index is 2.00. The number of rotatable bonds is 5. The van der Waals surface area contributed by atoms with Gasteiger partial charge in [0.2, 0.25) is 0 Å². The summed E-state index contributed by atoms with van der Waals surface area (Å²) in [6.07, 6.45) is 10.3. The average molecular weight is 168 g/mol. The molecule has 0 spiro atoms. The van der Waals surface area contributed by atoms with Crippen LogP contribution in [0.1, 0.15) is 65.7 Å². The van der Waals surface area contributed by atoms with Crippen LogP contribution in [0, 0.1) is 11.3 Å². The van der Waals surface area contributed by atoms with Crippen molar-refractivity contribution in [1.29, 1.82) is 0 Å². The Morgan fingerprint density at radius 2 is 1.92 bits per heavy atom. The average Bonchev–Trinajstić information content (AvgIpc) is 1.95. The molecule has 1 saturated carbocycles. The third kappa shape index (κ3) is 3.16. The molecule has 1 rings (SSSR count). The van der Waals surface area contributed by atoms with E-state index in [1.54, 1.807) is 0 Å². The molecule has 0 aromatic carbocycles. The van der Waals surface area contributed by atoms with Crippen molar-refractivity contribution in [3.05, 3.63) is 0 Å². The van der Waals surface area contributed by atoms with Crippen molar-refractivity contribution < 1.29 is 0 Å². The lowest BCUT2D eigenvalue weighted by atomic mass is 9.78. The fraction of sp³-hybridized carbons (Fsp3) is 1.00. The molecule has 0 unspecified atom stereocenters. The van der Waals surface area contributed by atoms with E-state index in [2.05, 4.69) is 20.8 Å². The first-order valence-electron chi connectivity index (χ1n) is 5.64. The largest absolute Gasteiger partial charge is 0.0649 e. The maximum atomic E-state index is 2.40. The summed E-state index contributed by atoms with van der Waals surface area (Å²) in [5, 5.41) is 0. The van der Waals surface area contributed by atoms with Crippen molar-refractivity contribution >= 4 is 0 Å². The monoisotopic (exact) mass is 168 g/mol. The Bertz CT molecular complexity index is 120. The van der Waals surface area contributed by atoms with Crippen molar-refractivity contribution in [3.63, 3.8) is 0 Å². The summed E-state index contributed by atoms with van der Waals surface area (Å²) in [5.74, 6) is 1.11. The Kier molecular flexibility index (Phi) is 3.61. The lowest BCUT2D eigenvalue weighted by Gasteiger charge is -2.28. The van der Waals surface area contributed by atoms with Crippen molar-refractivity contribution in [1.82, 2.24) is 0 Å². The number of hydrogen-bond donors (Lipinski definition) is 0. The van der Waals surface area contributed by atoms with Crippen molar-refractivity contribution in [2.75, 3.05) is 0 Å². The highest BCUT2D eigenvalue weighted by Gasteiger charge is 2.19. The molecule has 72 valence electrons. The summed E-state index contributed by atoms with van der Waals surface area (Å²) in [7, 11) is 0. The van der Waals surface area contributed by atoms with E-state index in [1.165, 1.54) is 44.9 Å². The van der Waals surface area contributed by atoms with Gasteiger partial charge in [0.15, 0.2) is 0 Å². The zero-order valence-electron chi connectivity index (χ0n) is 9.03. The normalized spacial score (nSPS) is 19.2. The van der Waals surface area contributed by atoms with Gasteiger partial charge in [-0.1, -0.05) is 59.3 Å². The van der Waals surface area contributed by atoms with E-state index < -0.39 is 0 Å². The minimum Gasteiger partial charge on any atom is -0.0649 e. The molecular formula is C12H24. The predicted octanol–water partition coefficient (Wildman–Crippen LogP) is 4.39. The van der Waals surface area contributed by atoms with E-state index in [-0.39, 0.29) is 0 Å². The summed E-state index contributed by atoms with van der Waals surface area (Å²) < 4.78 is 0. The zero-order chi connectivity index (χ0) is 9.03. The van der Waals surface area contributed by atoms with Gasteiger partial charge in [0, 0.05) is 0 Å². The van der Waals surface area contributed by atoms with Crippen LogP contribution in [0.15, 0.2) is 0 Å². The van der Waals surface area contributed by atoms with Gasteiger partial charge < -0.3 is 0 Å². The molecule has 0 nitrogen and oxygen atoms in total. The SMILES string of the molecule is CCC(C)(C)CCCC1CCC1. The second-order valence-electron chi connectivity index (χ2n) is 5.21. The van der Waals surface area contributed by atoms with Gasteiger partial charge in [-0.05, 0) is 17.8 Å². The molecule has 0 N–H and O–H groups in total. The van der Waals surface area contributed by atoms with Crippen LogP contribution in [0.2, 0.25) is 0 Å². The van der Waals surface area contributed by atoms with Gasteiger partial charge in [0.1, 0.15) is 0 Å². The fourth-order valence-corrected chi connectivity index (χ4v) is 1.83. The highest BCUT2D eigenvalue weighted by Crippen LogP contribution is 2.34. The van der Waals surface area contributed by atoms with Crippen LogP contribution in [0.5, 0.6) is 0 Å². The second-order valence-corrected chi connectivity index (χ2v) is 5.21. The van der Waals surface area contributed by atoms with Gasteiger partial charge in [-0.2, -0.15) is 0 Å². The summed E-state index contributed by atoms with van der Waals surface area (Å²) in [6, 6.07) is 0. The van der Waals surface area contributed by atoms with E-state index in [0.717, 1.165) is 5.92 Å². The first-order valence-corrected chi connectivity index (χ1v) is 5.64. The maximum Gasteiger partial charge on any atom is -0.0357 e. The van der Waals surface area contributed by atoms with E-state index in [0.29, 0.717) is 5.41 Å². The smallest absolute Gasteiger partial charge is 0.0357 e. The lowest BCUT2D eigenvalue weighted by molar-refractivity contribution is 0.250. The van der Waals surface area contributed by atoms with Crippen molar-refractivity contribution in [3.8, 4) is 0 Å². The lowest BCUT2D eigenvalue weighted by Crippen LogP contribution is -2.13. The maximum absolute atomic E-state index is 2.40. The third-order valence-corrected chi connectivity index (χ3v) is 3.65. The molecule has 1 fully saturated rings. The van der Waals surface area contributed by atoms with E-state index in [4.69, 9.17) is 0 Å². The first-order chi connectivity index (χ1) is 5.64. The topological polar surface area (TPSA) is 0 Å². The molecule has 0 radical (unpaired) electrons. The minimum atomic E-state index is 0.601. The van der Waals surface area contributed by atoms with Crippen LogP contribution in [-0.4, -0.2) is 0 Å². The third-order valence-electron chi connectivity index (χ3n) is 3.65. The minimum absolute atomic E-state index is 0.601. The van der Waals surface area contributed by atoms with Gasteiger partial charge >= 0.3 is 0 Å². The Labute approximate surface area is 77.7 Å². The predicted molar refractivity (Wildman–Crippen MR) is 55.3 cm³/mol. The van der Waals surface area contributed by atoms with Crippen LogP contribution >= 0.6 is 0 Å². The summed E-state index contributed by atoms with van der Waals surface area (Å²) in [6.45, 7) is 7.10. The van der Waals surface area contributed by atoms with Crippen molar-refractivity contribution in [2.24, 2.45) is 11.3 Å². The van der Waals surface area contributed by atoms with Crippen LogP contribution < -0.4 is 0 Å². The highest BCUT2D eigenvalue weighted by atomic mass is 14.2. The summed E-state index contributed by atoms with van der Waals surface area (Å²) in [4.78, 5) is 0. The molecular weight excluding hydrogens is 144 g/mol. The zero-order valence-corrected chi connectivity index (χ0v) is 9.03. The van der Waals surface area contributed by atoms with E-state index in [1.807, 2.05) is 0 Å².